The molecular weight excluding hydrogens is 312 g/mol. The molecule has 0 saturated heterocycles. The lowest BCUT2D eigenvalue weighted by atomic mass is 10.0. The van der Waals surface area contributed by atoms with Crippen molar-refractivity contribution >= 4 is 21.6 Å². The standard InChI is InChI=1S/C17H20N2O3S/c1-13(14-7-5-4-6-8-14)17(20)18-15-9-11-16(12-10-15)23(21,22)19(2)3/h4-13H,1-3H3,(H,18,20)/t13-/m1/s1. The fraction of sp³-hybridized carbons (Fsp3) is 0.235. The lowest BCUT2D eigenvalue weighted by molar-refractivity contribution is -0.117. The van der Waals surface area contributed by atoms with Crippen LogP contribution in [0.2, 0.25) is 0 Å². The fourth-order valence-corrected chi connectivity index (χ4v) is 2.97. The summed E-state index contributed by atoms with van der Waals surface area (Å²) >= 11 is 0. The first kappa shape index (κ1) is 17.2. The van der Waals surface area contributed by atoms with Gasteiger partial charge in [0, 0.05) is 19.8 Å². The van der Waals surface area contributed by atoms with E-state index in [-0.39, 0.29) is 16.7 Å². The minimum absolute atomic E-state index is 0.139. The number of sulfonamides is 1. The number of benzene rings is 2. The third kappa shape index (κ3) is 3.97. The number of nitrogens with one attached hydrogen (secondary N) is 1. The number of amides is 1. The topological polar surface area (TPSA) is 66.5 Å². The van der Waals surface area contributed by atoms with E-state index in [0.29, 0.717) is 5.69 Å². The van der Waals surface area contributed by atoms with E-state index in [9.17, 15) is 13.2 Å². The summed E-state index contributed by atoms with van der Waals surface area (Å²) in [6.45, 7) is 1.83. The minimum Gasteiger partial charge on any atom is -0.326 e. The van der Waals surface area contributed by atoms with Crippen molar-refractivity contribution in [3.05, 3.63) is 60.2 Å². The molecule has 1 amide bonds. The molecule has 0 heterocycles. The van der Waals surface area contributed by atoms with E-state index < -0.39 is 10.0 Å². The predicted molar refractivity (Wildman–Crippen MR) is 90.8 cm³/mol. The zero-order valence-corrected chi connectivity index (χ0v) is 14.2. The molecule has 0 radical (unpaired) electrons. The predicted octanol–water partition coefficient (Wildman–Crippen LogP) is 2.68. The van der Waals surface area contributed by atoms with Crippen LogP contribution in [-0.2, 0) is 14.8 Å². The molecule has 122 valence electrons. The fourth-order valence-electron chi connectivity index (χ4n) is 2.06. The first-order valence-corrected chi connectivity index (χ1v) is 8.65. The Labute approximate surface area is 137 Å². The normalized spacial score (nSPS) is 12.9. The number of anilines is 1. The van der Waals surface area contributed by atoms with Crippen molar-refractivity contribution in [3.8, 4) is 0 Å². The molecule has 1 atom stereocenters. The summed E-state index contributed by atoms with van der Waals surface area (Å²) in [5.41, 5.74) is 1.49. The summed E-state index contributed by atoms with van der Waals surface area (Å²) in [6.07, 6.45) is 0. The van der Waals surface area contributed by atoms with Crippen molar-refractivity contribution < 1.29 is 13.2 Å². The van der Waals surface area contributed by atoms with Crippen LogP contribution in [0.1, 0.15) is 18.4 Å². The van der Waals surface area contributed by atoms with Gasteiger partial charge in [0.25, 0.3) is 0 Å². The number of hydrogen-bond donors (Lipinski definition) is 1. The molecule has 0 aliphatic carbocycles. The number of carbonyl (C=O) groups excluding carboxylic acids is 1. The lowest BCUT2D eigenvalue weighted by Gasteiger charge is -2.14. The van der Waals surface area contributed by atoms with E-state index in [1.165, 1.54) is 26.2 Å². The quantitative estimate of drug-likeness (QED) is 0.915. The maximum absolute atomic E-state index is 12.3. The van der Waals surface area contributed by atoms with Crippen molar-refractivity contribution in [2.24, 2.45) is 0 Å². The van der Waals surface area contributed by atoms with E-state index in [2.05, 4.69) is 5.32 Å². The molecule has 23 heavy (non-hydrogen) atoms. The first-order chi connectivity index (χ1) is 10.8. The van der Waals surface area contributed by atoms with Crippen molar-refractivity contribution in [1.82, 2.24) is 4.31 Å². The van der Waals surface area contributed by atoms with Gasteiger partial charge in [-0.05, 0) is 36.8 Å². The highest BCUT2D eigenvalue weighted by atomic mass is 32.2. The minimum atomic E-state index is -3.46. The van der Waals surface area contributed by atoms with Crippen molar-refractivity contribution in [3.63, 3.8) is 0 Å². The van der Waals surface area contributed by atoms with Crippen LogP contribution in [0.3, 0.4) is 0 Å². The second kappa shape index (κ2) is 6.93. The molecule has 2 aromatic carbocycles. The Hall–Kier alpha value is -2.18. The van der Waals surface area contributed by atoms with E-state index in [4.69, 9.17) is 0 Å². The van der Waals surface area contributed by atoms with Gasteiger partial charge >= 0.3 is 0 Å². The molecule has 0 unspecified atom stereocenters. The Bertz CT molecular complexity index is 769. The summed E-state index contributed by atoms with van der Waals surface area (Å²) in [5.74, 6) is -0.430. The Morgan fingerprint density at radius 3 is 2.09 bits per heavy atom. The molecular formula is C17H20N2O3S. The van der Waals surface area contributed by atoms with Gasteiger partial charge < -0.3 is 5.32 Å². The molecule has 0 fully saturated rings. The number of nitrogens with zero attached hydrogens (tertiary/aromatic N) is 1. The molecule has 1 N–H and O–H groups in total. The summed E-state index contributed by atoms with van der Waals surface area (Å²) in [6, 6.07) is 15.6. The number of rotatable bonds is 5. The Morgan fingerprint density at radius 2 is 1.57 bits per heavy atom. The monoisotopic (exact) mass is 332 g/mol. The molecule has 0 spiro atoms. The highest BCUT2D eigenvalue weighted by molar-refractivity contribution is 7.89. The largest absolute Gasteiger partial charge is 0.326 e. The SMILES string of the molecule is C[C@@H](C(=O)Nc1ccc(S(=O)(=O)N(C)C)cc1)c1ccccc1. The van der Waals surface area contributed by atoms with E-state index in [1.807, 2.05) is 37.3 Å². The molecule has 2 rings (SSSR count). The summed E-state index contributed by atoms with van der Waals surface area (Å²) in [7, 11) is -0.503. The van der Waals surface area contributed by atoms with Crippen LogP contribution in [0.5, 0.6) is 0 Å². The summed E-state index contributed by atoms with van der Waals surface area (Å²) in [5, 5.41) is 2.80. The van der Waals surface area contributed by atoms with Crippen molar-refractivity contribution in [2.45, 2.75) is 17.7 Å². The van der Waals surface area contributed by atoms with Gasteiger partial charge in [0.1, 0.15) is 0 Å². The second-order valence-corrected chi connectivity index (χ2v) is 7.59. The molecule has 0 saturated carbocycles. The van der Waals surface area contributed by atoms with Gasteiger partial charge in [0.05, 0.1) is 10.8 Å². The third-order valence-electron chi connectivity index (χ3n) is 3.59. The van der Waals surface area contributed by atoms with Crippen LogP contribution in [-0.4, -0.2) is 32.7 Å². The molecule has 0 aliphatic heterocycles. The molecule has 0 aromatic heterocycles. The van der Waals surface area contributed by atoms with Crippen molar-refractivity contribution in [1.29, 1.82) is 0 Å². The average Bonchev–Trinajstić information content (AvgIpc) is 2.55. The van der Waals surface area contributed by atoms with Crippen molar-refractivity contribution in [2.75, 3.05) is 19.4 Å². The van der Waals surface area contributed by atoms with Crippen LogP contribution in [0, 0.1) is 0 Å². The van der Waals surface area contributed by atoms with E-state index >= 15 is 0 Å². The zero-order chi connectivity index (χ0) is 17.0. The van der Waals surface area contributed by atoms with Crippen LogP contribution < -0.4 is 5.32 Å². The first-order valence-electron chi connectivity index (χ1n) is 7.21. The van der Waals surface area contributed by atoms with Gasteiger partial charge in [-0.3, -0.25) is 4.79 Å². The second-order valence-electron chi connectivity index (χ2n) is 5.43. The van der Waals surface area contributed by atoms with Crippen LogP contribution in [0.25, 0.3) is 0 Å². The zero-order valence-electron chi connectivity index (χ0n) is 13.4. The van der Waals surface area contributed by atoms with Gasteiger partial charge in [-0.15, -0.1) is 0 Å². The maximum atomic E-state index is 12.3. The van der Waals surface area contributed by atoms with Crippen LogP contribution >= 0.6 is 0 Å². The van der Waals surface area contributed by atoms with Gasteiger partial charge in [0.2, 0.25) is 15.9 Å². The van der Waals surface area contributed by atoms with Crippen LogP contribution in [0.15, 0.2) is 59.5 Å². The van der Waals surface area contributed by atoms with Gasteiger partial charge in [-0.2, -0.15) is 0 Å². The van der Waals surface area contributed by atoms with E-state index in [1.54, 1.807) is 12.1 Å². The molecule has 2 aromatic rings. The lowest BCUT2D eigenvalue weighted by Crippen LogP contribution is -2.22. The summed E-state index contributed by atoms with van der Waals surface area (Å²) < 4.78 is 25.1. The Balaban J connectivity index is 2.11. The van der Waals surface area contributed by atoms with Crippen LogP contribution in [0.4, 0.5) is 5.69 Å². The number of carbonyl (C=O) groups is 1. The molecule has 0 bridgehead atoms. The van der Waals surface area contributed by atoms with E-state index in [0.717, 1.165) is 9.87 Å². The average molecular weight is 332 g/mol. The molecule has 0 aliphatic rings. The van der Waals surface area contributed by atoms with Gasteiger partial charge in [-0.25, -0.2) is 12.7 Å². The smallest absolute Gasteiger partial charge is 0.242 e. The maximum Gasteiger partial charge on any atom is 0.242 e. The van der Waals surface area contributed by atoms with Gasteiger partial charge in [-0.1, -0.05) is 30.3 Å². The number of hydrogen-bond acceptors (Lipinski definition) is 3. The highest BCUT2D eigenvalue weighted by Crippen LogP contribution is 2.20. The third-order valence-corrected chi connectivity index (χ3v) is 5.42. The molecule has 5 nitrogen and oxygen atoms in total. The summed E-state index contributed by atoms with van der Waals surface area (Å²) in [4.78, 5) is 12.5. The Morgan fingerprint density at radius 1 is 1.00 bits per heavy atom. The van der Waals surface area contributed by atoms with Gasteiger partial charge in [0.15, 0.2) is 0 Å². The Kier molecular flexibility index (Phi) is 5.18. The highest BCUT2D eigenvalue weighted by Gasteiger charge is 2.18. The molecule has 6 heteroatoms.